The molecule has 0 N–H and O–H groups in total. The van der Waals surface area contributed by atoms with Gasteiger partial charge in [-0.15, -0.1) is 11.3 Å². The van der Waals surface area contributed by atoms with E-state index in [4.69, 9.17) is 11.6 Å². The minimum Gasteiger partial charge on any atom is -0.226 e. The number of rotatable bonds is 0. The Bertz CT molecular complexity index is 403. The molecule has 0 aliphatic carbocycles. The zero-order chi connectivity index (χ0) is 8.72. The van der Waals surface area contributed by atoms with E-state index in [0.717, 1.165) is 0 Å². The van der Waals surface area contributed by atoms with Crippen LogP contribution in [-0.4, -0.2) is 4.98 Å². The van der Waals surface area contributed by atoms with Gasteiger partial charge in [-0.2, -0.15) is 0 Å². The first-order valence-corrected chi connectivity index (χ1v) is 5.07. The highest BCUT2D eigenvalue weighted by Crippen LogP contribution is 2.33. The van der Waals surface area contributed by atoms with Crippen molar-refractivity contribution in [1.82, 2.24) is 4.98 Å². The highest BCUT2D eigenvalue weighted by molar-refractivity contribution is 9.11. The van der Waals surface area contributed by atoms with Gasteiger partial charge >= 0.3 is 0 Å². The van der Waals surface area contributed by atoms with Crippen LogP contribution in [0.15, 0.2) is 16.0 Å². The maximum absolute atomic E-state index is 13.0. The molecule has 0 amide bonds. The molecule has 2 rings (SSSR count). The Hall–Kier alpha value is -0.190. The van der Waals surface area contributed by atoms with Gasteiger partial charge in [0.2, 0.25) is 0 Å². The van der Waals surface area contributed by atoms with Crippen LogP contribution in [0.4, 0.5) is 4.39 Å². The lowest BCUT2D eigenvalue weighted by atomic mass is 10.3. The first-order chi connectivity index (χ1) is 5.68. The van der Waals surface area contributed by atoms with E-state index in [2.05, 4.69) is 20.9 Å². The van der Waals surface area contributed by atoms with E-state index in [1.165, 1.54) is 23.5 Å². The molecule has 0 radical (unpaired) electrons. The van der Waals surface area contributed by atoms with Crippen LogP contribution < -0.4 is 0 Å². The number of halogens is 3. The summed E-state index contributed by atoms with van der Waals surface area (Å²) in [6.07, 6.45) is 0. The molecule has 1 aromatic carbocycles. The van der Waals surface area contributed by atoms with Crippen molar-refractivity contribution < 1.29 is 4.39 Å². The van der Waals surface area contributed by atoms with Gasteiger partial charge in [0.25, 0.3) is 0 Å². The van der Waals surface area contributed by atoms with Crippen molar-refractivity contribution in [2.45, 2.75) is 0 Å². The normalized spacial score (nSPS) is 10.9. The Morgan fingerprint density at radius 1 is 1.50 bits per heavy atom. The van der Waals surface area contributed by atoms with E-state index in [1.807, 2.05) is 0 Å². The first-order valence-electron chi connectivity index (χ1n) is 3.08. The number of hydrogen-bond acceptors (Lipinski definition) is 2. The second-order valence-electron chi connectivity index (χ2n) is 2.17. The predicted octanol–water partition coefficient (Wildman–Crippen LogP) is 3.85. The summed E-state index contributed by atoms with van der Waals surface area (Å²) in [6.45, 7) is 0. The monoisotopic (exact) mass is 265 g/mol. The highest BCUT2D eigenvalue weighted by atomic mass is 79.9. The van der Waals surface area contributed by atoms with Crippen molar-refractivity contribution >= 4 is 49.1 Å². The third kappa shape index (κ3) is 1.24. The maximum atomic E-state index is 13.0. The topological polar surface area (TPSA) is 12.9 Å². The molecular formula is C7H2BrClFNS. The van der Waals surface area contributed by atoms with Crippen molar-refractivity contribution in [2.75, 3.05) is 0 Å². The molecule has 12 heavy (non-hydrogen) atoms. The SMILES string of the molecule is Fc1ccc(Cl)c2sc(Br)nc12. The lowest BCUT2D eigenvalue weighted by Crippen LogP contribution is -1.76. The number of hydrogen-bond donors (Lipinski definition) is 0. The molecule has 1 nitrogen and oxygen atoms in total. The summed E-state index contributed by atoms with van der Waals surface area (Å²) >= 11 is 10.3. The van der Waals surface area contributed by atoms with Gasteiger partial charge in [-0.25, -0.2) is 9.37 Å². The minimum atomic E-state index is -0.337. The Morgan fingerprint density at radius 3 is 2.92 bits per heavy atom. The van der Waals surface area contributed by atoms with Crippen molar-refractivity contribution in [3.8, 4) is 0 Å². The summed E-state index contributed by atoms with van der Waals surface area (Å²) in [5, 5.41) is 0.537. The molecular weight excluding hydrogens is 265 g/mol. The third-order valence-electron chi connectivity index (χ3n) is 1.42. The lowest BCUT2D eigenvalue weighted by Gasteiger charge is -1.91. The summed E-state index contributed by atoms with van der Waals surface area (Å²) in [5.74, 6) is -0.337. The molecule has 62 valence electrons. The van der Waals surface area contributed by atoms with Crippen molar-refractivity contribution in [3.63, 3.8) is 0 Å². The van der Waals surface area contributed by atoms with Gasteiger partial charge in [0.1, 0.15) is 11.3 Å². The number of nitrogens with zero attached hydrogens (tertiary/aromatic N) is 1. The van der Waals surface area contributed by atoms with E-state index < -0.39 is 0 Å². The number of aromatic nitrogens is 1. The smallest absolute Gasteiger partial charge is 0.160 e. The maximum Gasteiger partial charge on any atom is 0.160 e. The summed E-state index contributed by atoms with van der Waals surface area (Å²) in [7, 11) is 0. The average Bonchev–Trinajstić information content (AvgIpc) is 2.41. The summed E-state index contributed by atoms with van der Waals surface area (Å²) in [5.41, 5.74) is 0.333. The van der Waals surface area contributed by atoms with Crippen LogP contribution in [0.3, 0.4) is 0 Å². The summed E-state index contributed by atoms with van der Waals surface area (Å²) in [4.78, 5) is 3.95. The molecule has 0 unspecified atom stereocenters. The summed E-state index contributed by atoms with van der Waals surface area (Å²) < 4.78 is 14.4. The standard InChI is InChI=1S/C7H2BrClFNS/c8-7-11-5-4(10)2-1-3(9)6(5)12-7/h1-2H. The molecule has 0 bridgehead atoms. The molecule has 0 saturated heterocycles. The average molecular weight is 267 g/mol. The van der Waals surface area contributed by atoms with Crippen molar-refractivity contribution in [1.29, 1.82) is 0 Å². The zero-order valence-electron chi connectivity index (χ0n) is 5.64. The van der Waals surface area contributed by atoms with Gasteiger partial charge in [0.05, 0.1) is 9.72 Å². The van der Waals surface area contributed by atoms with Gasteiger partial charge < -0.3 is 0 Å². The van der Waals surface area contributed by atoms with Crippen LogP contribution >= 0.6 is 38.9 Å². The van der Waals surface area contributed by atoms with Gasteiger partial charge in [0, 0.05) is 0 Å². The Labute approximate surface area is 85.3 Å². The van der Waals surface area contributed by atoms with Crippen LogP contribution in [-0.2, 0) is 0 Å². The molecule has 0 saturated carbocycles. The van der Waals surface area contributed by atoms with Crippen molar-refractivity contribution in [2.24, 2.45) is 0 Å². The second kappa shape index (κ2) is 2.94. The molecule has 0 aliphatic heterocycles. The molecule has 0 aliphatic rings. The van der Waals surface area contributed by atoms with Crippen LogP contribution in [0.2, 0.25) is 5.02 Å². The third-order valence-corrected chi connectivity index (χ3v) is 3.39. The quantitative estimate of drug-likeness (QED) is 0.706. The van der Waals surface area contributed by atoms with E-state index in [0.29, 0.717) is 19.2 Å². The first kappa shape index (κ1) is 8.41. The molecule has 1 aromatic heterocycles. The van der Waals surface area contributed by atoms with Crippen LogP contribution in [0, 0.1) is 5.82 Å². The Morgan fingerprint density at radius 2 is 2.25 bits per heavy atom. The Kier molecular flexibility index (Phi) is 2.06. The lowest BCUT2D eigenvalue weighted by molar-refractivity contribution is 0.637. The molecule has 5 heteroatoms. The molecule has 2 aromatic rings. The van der Waals surface area contributed by atoms with E-state index in [9.17, 15) is 4.39 Å². The fourth-order valence-electron chi connectivity index (χ4n) is 0.919. The Balaban J connectivity index is 2.93. The number of thiazole rings is 1. The largest absolute Gasteiger partial charge is 0.226 e. The van der Waals surface area contributed by atoms with Gasteiger partial charge in [-0.1, -0.05) is 11.6 Å². The number of benzene rings is 1. The zero-order valence-corrected chi connectivity index (χ0v) is 8.80. The molecule has 1 heterocycles. The van der Waals surface area contributed by atoms with Crippen LogP contribution in [0.5, 0.6) is 0 Å². The van der Waals surface area contributed by atoms with Gasteiger partial charge in [-0.05, 0) is 28.1 Å². The predicted molar refractivity (Wildman–Crippen MR) is 52.3 cm³/mol. The highest BCUT2D eigenvalue weighted by Gasteiger charge is 2.09. The second-order valence-corrected chi connectivity index (χ2v) is 4.86. The van der Waals surface area contributed by atoms with Crippen LogP contribution in [0.1, 0.15) is 0 Å². The van der Waals surface area contributed by atoms with Gasteiger partial charge in [0.15, 0.2) is 3.92 Å². The minimum absolute atomic E-state index is 0.333. The van der Waals surface area contributed by atoms with Gasteiger partial charge in [-0.3, -0.25) is 0 Å². The molecule has 0 atom stereocenters. The van der Waals surface area contributed by atoms with E-state index in [1.54, 1.807) is 0 Å². The van der Waals surface area contributed by atoms with E-state index in [-0.39, 0.29) is 5.82 Å². The number of fused-ring (bicyclic) bond motifs is 1. The van der Waals surface area contributed by atoms with Crippen molar-refractivity contribution in [3.05, 3.63) is 26.9 Å². The fourth-order valence-corrected chi connectivity index (χ4v) is 2.56. The fraction of sp³-hybridized carbons (Fsp3) is 0. The molecule has 0 spiro atoms. The molecule has 0 fully saturated rings. The summed E-state index contributed by atoms with van der Waals surface area (Å²) in [6, 6.07) is 2.85. The van der Waals surface area contributed by atoms with Crippen LogP contribution in [0.25, 0.3) is 10.2 Å². The van der Waals surface area contributed by atoms with E-state index >= 15 is 0 Å².